The van der Waals surface area contributed by atoms with E-state index in [2.05, 4.69) is 26.1 Å². The minimum absolute atomic E-state index is 0.155. The van der Waals surface area contributed by atoms with Gasteiger partial charge in [0, 0.05) is 0 Å². The van der Waals surface area contributed by atoms with Crippen LogP contribution >= 0.6 is 0 Å². The molecule has 1 amide bonds. The molecule has 0 aliphatic carbocycles. The van der Waals surface area contributed by atoms with E-state index in [0.29, 0.717) is 22.9 Å². The van der Waals surface area contributed by atoms with Crippen molar-refractivity contribution in [2.24, 2.45) is 0 Å². The summed E-state index contributed by atoms with van der Waals surface area (Å²) < 4.78 is 46.6. The lowest BCUT2D eigenvalue weighted by molar-refractivity contribution is -0.128. The van der Waals surface area contributed by atoms with Crippen molar-refractivity contribution in [1.29, 1.82) is 0 Å². The van der Waals surface area contributed by atoms with Gasteiger partial charge in [0.2, 0.25) is 0 Å². The van der Waals surface area contributed by atoms with Crippen molar-refractivity contribution in [1.82, 2.24) is 5.32 Å². The maximum absolute atomic E-state index is 13.8. The van der Waals surface area contributed by atoms with Gasteiger partial charge in [-0.2, -0.15) is 0 Å². The average Bonchev–Trinajstić information content (AvgIpc) is 2.90. The molecular formula is C29H32N2O6S. The van der Waals surface area contributed by atoms with Crippen molar-refractivity contribution in [2.75, 3.05) is 24.0 Å². The lowest BCUT2D eigenvalue weighted by Crippen LogP contribution is -2.52. The smallest absolute Gasteiger partial charge is 0.264 e. The summed E-state index contributed by atoms with van der Waals surface area (Å²) in [6.45, 7) is 8.39. The number of ether oxygens (including phenoxy) is 3. The van der Waals surface area contributed by atoms with Gasteiger partial charge in [-0.05, 0) is 54.3 Å². The summed E-state index contributed by atoms with van der Waals surface area (Å²) in [5.41, 5.74) is 2.13. The Morgan fingerprint density at radius 1 is 0.974 bits per heavy atom. The molecule has 0 radical (unpaired) electrons. The van der Waals surface area contributed by atoms with Crippen LogP contribution in [0.1, 0.15) is 31.9 Å². The summed E-state index contributed by atoms with van der Waals surface area (Å²) in [6, 6.07) is 19.5. The fourth-order valence-corrected chi connectivity index (χ4v) is 5.88. The first-order chi connectivity index (χ1) is 18.0. The Kier molecular flexibility index (Phi) is 6.73. The number of anilines is 1. The molecule has 0 aromatic heterocycles. The number of nitrogens with zero attached hydrogens (tertiary/aromatic N) is 1. The van der Waals surface area contributed by atoms with Crippen LogP contribution < -0.4 is 23.8 Å². The van der Waals surface area contributed by atoms with Crippen LogP contribution in [0.5, 0.6) is 17.2 Å². The van der Waals surface area contributed by atoms with E-state index in [1.807, 2.05) is 43.3 Å². The molecule has 3 aromatic rings. The normalized spacial score (nSPS) is 18.8. The minimum Gasteiger partial charge on any atom is -0.486 e. The van der Waals surface area contributed by atoms with Crippen LogP contribution in [-0.2, 0) is 20.2 Å². The van der Waals surface area contributed by atoms with Gasteiger partial charge in [0.25, 0.3) is 15.9 Å². The highest BCUT2D eigenvalue weighted by molar-refractivity contribution is 7.92. The highest BCUT2D eigenvalue weighted by atomic mass is 32.2. The molecule has 38 heavy (non-hydrogen) atoms. The second-order valence-electron chi connectivity index (χ2n) is 10.6. The van der Waals surface area contributed by atoms with Gasteiger partial charge in [0.15, 0.2) is 17.6 Å². The Hall–Kier alpha value is -3.72. The molecule has 0 saturated heterocycles. The number of carbonyl (C=O) groups is 1. The fourth-order valence-electron chi connectivity index (χ4n) is 4.41. The third-order valence-corrected chi connectivity index (χ3v) is 8.46. The Balaban J connectivity index is 1.39. The second-order valence-corrected chi connectivity index (χ2v) is 12.5. The lowest BCUT2D eigenvalue weighted by atomic mass is 9.86. The molecule has 0 spiro atoms. The molecule has 5 rings (SSSR count). The molecule has 0 saturated carbocycles. The number of fused-ring (bicyclic) bond motifs is 2. The van der Waals surface area contributed by atoms with Gasteiger partial charge in [0.05, 0.1) is 23.7 Å². The number of hydrogen-bond donors (Lipinski definition) is 1. The summed E-state index contributed by atoms with van der Waals surface area (Å²) in [5, 5.41) is 2.85. The van der Waals surface area contributed by atoms with E-state index >= 15 is 0 Å². The van der Waals surface area contributed by atoms with Crippen molar-refractivity contribution in [3.8, 4) is 17.2 Å². The molecule has 2 aliphatic heterocycles. The molecule has 8 nitrogen and oxygen atoms in total. The lowest BCUT2D eigenvalue weighted by Gasteiger charge is -2.36. The number of amides is 1. The average molecular weight is 537 g/mol. The van der Waals surface area contributed by atoms with Gasteiger partial charge in [0.1, 0.15) is 18.5 Å². The first-order valence-corrected chi connectivity index (χ1v) is 14.0. The van der Waals surface area contributed by atoms with Crippen molar-refractivity contribution < 1.29 is 27.4 Å². The van der Waals surface area contributed by atoms with E-state index in [-0.39, 0.29) is 36.1 Å². The number of nitrogens with one attached hydrogen (secondary N) is 1. The Labute approximate surface area is 223 Å². The second kappa shape index (κ2) is 9.87. The van der Waals surface area contributed by atoms with Crippen LogP contribution in [0.3, 0.4) is 0 Å². The third kappa shape index (κ3) is 5.15. The van der Waals surface area contributed by atoms with E-state index < -0.39 is 22.0 Å². The van der Waals surface area contributed by atoms with Crippen molar-refractivity contribution in [3.63, 3.8) is 0 Å². The summed E-state index contributed by atoms with van der Waals surface area (Å²) in [7, 11) is -3.96. The Bertz CT molecular complexity index is 1450. The predicted molar refractivity (Wildman–Crippen MR) is 145 cm³/mol. The maximum atomic E-state index is 13.8. The third-order valence-electron chi connectivity index (χ3n) is 6.67. The molecule has 9 heteroatoms. The van der Waals surface area contributed by atoms with Gasteiger partial charge in [-0.3, -0.25) is 9.10 Å². The minimum atomic E-state index is -3.96. The zero-order valence-corrected chi connectivity index (χ0v) is 22.7. The van der Waals surface area contributed by atoms with Gasteiger partial charge in [-0.1, -0.05) is 56.7 Å². The van der Waals surface area contributed by atoms with Crippen LogP contribution in [0.4, 0.5) is 5.69 Å². The van der Waals surface area contributed by atoms with Crippen LogP contribution in [-0.4, -0.2) is 46.2 Å². The van der Waals surface area contributed by atoms with Crippen LogP contribution in [0, 0.1) is 6.92 Å². The predicted octanol–water partition coefficient (Wildman–Crippen LogP) is 4.21. The highest BCUT2D eigenvalue weighted by Crippen LogP contribution is 2.40. The van der Waals surface area contributed by atoms with Gasteiger partial charge < -0.3 is 19.5 Å². The molecule has 2 aliphatic rings. The molecule has 0 bridgehead atoms. The molecule has 200 valence electrons. The van der Waals surface area contributed by atoms with Gasteiger partial charge in [-0.25, -0.2) is 8.42 Å². The molecular weight excluding hydrogens is 504 g/mol. The molecule has 2 heterocycles. The van der Waals surface area contributed by atoms with E-state index in [1.54, 1.807) is 30.3 Å². The number of rotatable bonds is 5. The first kappa shape index (κ1) is 25.9. The number of benzene rings is 3. The molecule has 1 N–H and O–H groups in total. The number of sulfonamides is 1. The summed E-state index contributed by atoms with van der Waals surface area (Å²) in [5.74, 6) is 1.19. The molecule has 3 aromatic carbocycles. The molecule has 2 atom stereocenters. The van der Waals surface area contributed by atoms with Crippen molar-refractivity contribution in [3.05, 3.63) is 77.9 Å². The van der Waals surface area contributed by atoms with Crippen molar-refractivity contribution >= 4 is 21.6 Å². The largest absolute Gasteiger partial charge is 0.486 e. The van der Waals surface area contributed by atoms with Crippen molar-refractivity contribution in [2.45, 2.75) is 50.2 Å². The van der Waals surface area contributed by atoms with Crippen LogP contribution in [0.2, 0.25) is 0 Å². The number of hydrogen-bond acceptors (Lipinski definition) is 6. The topological polar surface area (TPSA) is 94.2 Å². The number of para-hydroxylation sites is 2. The number of aryl methyl sites for hydroxylation is 1. The molecule has 0 fully saturated rings. The van der Waals surface area contributed by atoms with E-state index in [9.17, 15) is 13.2 Å². The van der Waals surface area contributed by atoms with Gasteiger partial charge >= 0.3 is 0 Å². The van der Waals surface area contributed by atoms with E-state index in [0.717, 1.165) is 11.1 Å². The number of carbonyl (C=O) groups excluding carboxylic acids is 1. The highest BCUT2D eigenvalue weighted by Gasteiger charge is 2.38. The summed E-state index contributed by atoms with van der Waals surface area (Å²) in [6.07, 6.45) is -1.42. The van der Waals surface area contributed by atoms with Crippen LogP contribution in [0.25, 0.3) is 0 Å². The van der Waals surface area contributed by atoms with Crippen LogP contribution in [0.15, 0.2) is 71.6 Å². The molecule has 2 unspecified atom stereocenters. The summed E-state index contributed by atoms with van der Waals surface area (Å²) >= 11 is 0. The summed E-state index contributed by atoms with van der Waals surface area (Å²) in [4.78, 5) is 13.4. The maximum Gasteiger partial charge on any atom is 0.264 e. The van der Waals surface area contributed by atoms with E-state index in [1.165, 1.54) is 4.31 Å². The Morgan fingerprint density at radius 3 is 2.39 bits per heavy atom. The first-order valence-electron chi connectivity index (χ1n) is 12.6. The zero-order chi connectivity index (χ0) is 27.1. The SMILES string of the molecule is Cc1ccc(S(=O)(=O)N2CC(C(=O)NCC3COc4ccccc4O3)Oc3ccc(C(C)(C)C)cc32)cc1. The zero-order valence-electron chi connectivity index (χ0n) is 21.9. The van der Waals surface area contributed by atoms with Gasteiger partial charge in [-0.15, -0.1) is 0 Å². The monoisotopic (exact) mass is 536 g/mol. The fraction of sp³-hybridized carbons (Fsp3) is 0.345. The Morgan fingerprint density at radius 2 is 1.68 bits per heavy atom. The van der Waals surface area contributed by atoms with E-state index in [4.69, 9.17) is 14.2 Å². The standard InChI is InChI=1S/C29H32N2O6S/c1-19-9-12-22(13-10-19)38(33,34)31-17-27(37-24-14-11-20(15-23(24)31)29(2,3)4)28(32)30-16-21-18-35-25-7-5-6-8-26(25)36-21/h5-15,21,27H,16-18H2,1-4H3,(H,30,32). The quantitative estimate of drug-likeness (QED) is 0.525.